The van der Waals surface area contributed by atoms with Crippen LogP contribution in [0.25, 0.3) is 11.3 Å². The number of hydrogen-bond acceptors (Lipinski definition) is 4. The standard InChI is InChI=1S/C18H19ClN4O/c1-13-15(3-2-8-20-13)12-21-18-11-17(22-23(18)9-10-24)14-4-6-16(19)7-5-14/h2-8,11,21,24H,9-10,12H2,1H3. The predicted octanol–water partition coefficient (Wildman–Crippen LogP) is 3.51. The highest BCUT2D eigenvalue weighted by Crippen LogP contribution is 2.24. The second-order valence-corrected chi connectivity index (χ2v) is 5.91. The van der Waals surface area contributed by atoms with E-state index in [4.69, 9.17) is 11.6 Å². The summed E-state index contributed by atoms with van der Waals surface area (Å²) in [5.74, 6) is 0.859. The van der Waals surface area contributed by atoms with Crippen LogP contribution in [0.4, 0.5) is 5.82 Å². The summed E-state index contributed by atoms with van der Waals surface area (Å²) in [7, 11) is 0. The molecule has 5 nitrogen and oxygen atoms in total. The molecule has 0 atom stereocenters. The summed E-state index contributed by atoms with van der Waals surface area (Å²) < 4.78 is 1.77. The lowest BCUT2D eigenvalue weighted by molar-refractivity contribution is 0.270. The second kappa shape index (κ2) is 7.47. The number of halogens is 1. The average Bonchev–Trinajstić information content (AvgIpc) is 2.98. The molecule has 0 aliphatic carbocycles. The van der Waals surface area contributed by atoms with Crippen LogP contribution in [0.3, 0.4) is 0 Å². The first-order valence-corrected chi connectivity index (χ1v) is 8.14. The molecule has 2 aromatic heterocycles. The Kier molecular flexibility index (Phi) is 5.13. The minimum Gasteiger partial charge on any atom is -0.394 e. The van der Waals surface area contributed by atoms with Gasteiger partial charge in [0.25, 0.3) is 0 Å². The predicted molar refractivity (Wildman–Crippen MR) is 96.1 cm³/mol. The molecule has 124 valence electrons. The average molecular weight is 343 g/mol. The second-order valence-electron chi connectivity index (χ2n) is 5.47. The molecule has 6 heteroatoms. The van der Waals surface area contributed by atoms with Crippen molar-refractivity contribution in [2.45, 2.75) is 20.0 Å². The number of aromatic nitrogens is 3. The summed E-state index contributed by atoms with van der Waals surface area (Å²) in [5.41, 5.74) is 3.95. The van der Waals surface area contributed by atoms with E-state index in [-0.39, 0.29) is 6.61 Å². The smallest absolute Gasteiger partial charge is 0.125 e. The first-order valence-electron chi connectivity index (χ1n) is 7.76. The van der Waals surface area contributed by atoms with Gasteiger partial charge in [0.15, 0.2) is 0 Å². The number of benzene rings is 1. The van der Waals surface area contributed by atoms with Gasteiger partial charge < -0.3 is 10.4 Å². The maximum atomic E-state index is 9.27. The summed E-state index contributed by atoms with van der Waals surface area (Å²) >= 11 is 5.94. The summed E-state index contributed by atoms with van der Waals surface area (Å²) in [6.45, 7) is 3.10. The van der Waals surface area contributed by atoms with E-state index in [2.05, 4.69) is 15.4 Å². The molecule has 0 spiro atoms. The number of pyridine rings is 1. The van der Waals surface area contributed by atoms with Crippen molar-refractivity contribution in [3.63, 3.8) is 0 Å². The van der Waals surface area contributed by atoms with Gasteiger partial charge in [-0.05, 0) is 30.7 Å². The van der Waals surface area contributed by atoms with Crippen molar-refractivity contribution in [2.75, 3.05) is 11.9 Å². The van der Waals surface area contributed by atoms with Crippen LogP contribution in [-0.4, -0.2) is 26.5 Å². The molecule has 2 heterocycles. The summed E-state index contributed by atoms with van der Waals surface area (Å²) in [6.07, 6.45) is 1.79. The summed E-state index contributed by atoms with van der Waals surface area (Å²) in [5, 5.41) is 17.9. The van der Waals surface area contributed by atoms with Crippen LogP contribution >= 0.6 is 11.6 Å². The number of aliphatic hydroxyl groups is 1. The number of nitrogens with one attached hydrogen (secondary N) is 1. The van der Waals surface area contributed by atoms with Crippen LogP contribution in [0.5, 0.6) is 0 Å². The van der Waals surface area contributed by atoms with E-state index >= 15 is 0 Å². The Labute approximate surface area is 145 Å². The summed E-state index contributed by atoms with van der Waals surface area (Å²) in [4.78, 5) is 4.30. The van der Waals surface area contributed by atoms with Crippen molar-refractivity contribution in [1.82, 2.24) is 14.8 Å². The van der Waals surface area contributed by atoms with Gasteiger partial charge in [0, 0.05) is 35.1 Å². The Morgan fingerprint density at radius 2 is 2.00 bits per heavy atom. The van der Waals surface area contributed by atoms with E-state index in [9.17, 15) is 5.11 Å². The molecule has 3 rings (SSSR count). The van der Waals surface area contributed by atoms with Gasteiger partial charge in [-0.2, -0.15) is 5.10 Å². The van der Waals surface area contributed by atoms with Crippen molar-refractivity contribution < 1.29 is 5.11 Å². The minimum atomic E-state index is 0.0301. The van der Waals surface area contributed by atoms with Crippen molar-refractivity contribution in [3.05, 3.63) is 64.9 Å². The zero-order valence-electron chi connectivity index (χ0n) is 13.4. The molecule has 0 radical (unpaired) electrons. The zero-order chi connectivity index (χ0) is 16.9. The van der Waals surface area contributed by atoms with Gasteiger partial charge in [0.05, 0.1) is 18.8 Å². The molecule has 3 aromatic rings. The molecule has 0 amide bonds. The zero-order valence-corrected chi connectivity index (χ0v) is 14.2. The van der Waals surface area contributed by atoms with E-state index < -0.39 is 0 Å². The van der Waals surface area contributed by atoms with E-state index in [0.717, 1.165) is 28.3 Å². The molecule has 0 bridgehead atoms. The molecule has 0 unspecified atom stereocenters. The van der Waals surface area contributed by atoms with Crippen LogP contribution in [0, 0.1) is 6.92 Å². The minimum absolute atomic E-state index is 0.0301. The molecular weight excluding hydrogens is 324 g/mol. The van der Waals surface area contributed by atoms with Gasteiger partial charge in [-0.15, -0.1) is 0 Å². The Bertz CT molecular complexity index is 814. The monoisotopic (exact) mass is 342 g/mol. The van der Waals surface area contributed by atoms with Gasteiger partial charge in [-0.1, -0.05) is 29.8 Å². The fourth-order valence-corrected chi connectivity index (χ4v) is 2.60. The van der Waals surface area contributed by atoms with Crippen LogP contribution in [0.1, 0.15) is 11.3 Å². The number of aryl methyl sites for hydroxylation is 1. The number of hydrogen-bond donors (Lipinski definition) is 2. The molecule has 2 N–H and O–H groups in total. The number of anilines is 1. The van der Waals surface area contributed by atoms with E-state index in [1.165, 1.54) is 0 Å². The fourth-order valence-electron chi connectivity index (χ4n) is 2.48. The molecule has 0 fully saturated rings. The maximum absolute atomic E-state index is 9.27. The topological polar surface area (TPSA) is 63.0 Å². The highest BCUT2D eigenvalue weighted by Gasteiger charge is 2.10. The Morgan fingerprint density at radius 3 is 2.71 bits per heavy atom. The molecule has 1 aromatic carbocycles. The third-order valence-corrected chi connectivity index (χ3v) is 4.06. The van der Waals surface area contributed by atoms with Gasteiger partial charge in [-0.25, -0.2) is 4.68 Å². The lowest BCUT2D eigenvalue weighted by Gasteiger charge is -2.09. The Morgan fingerprint density at radius 1 is 1.21 bits per heavy atom. The van der Waals surface area contributed by atoms with Crippen LogP contribution in [-0.2, 0) is 13.1 Å². The normalized spacial score (nSPS) is 10.8. The van der Waals surface area contributed by atoms with Crippen molar-refractivity contribution in [3.8, 4) is 11.3 Å². The lowest BCUT2D eigenvalue weighted by atomic mass is 10.1. The van der Waals surface area contributed by atoms with Gasteiger partial charge in [0.2, 0.25) is 0 Å². The SMILES string of the molecule is Cc1ncccc1CNc1cc(-c2ccc(Cl)cc2)nn1CCO. The largest absolute Gasteiger partial charge is 0.394 e. The molecular formula is C18H19ClN4O. The molecule has 0 aliphatic rings. The Balaban J connectivity index is 1.83. The van der Waals surface area contributed by atoms with E-state index in [1.54, 1.807) is 10.9 Å². The van der Waals surface area contributed by atoms with Crippen molar-refractivity contribution in [1.29, 1.82) is 0 Å². The molecule has 24 heavy (non-hydrogen) atoms. The number of aliphatic hydroxyl groups excluding tert-OH is 1. The van der Waals surface area contributed by atoms with Crippen LogP contribution < -0.4 is 5.32 Å². The molecule has 0 saturated carbocycles. The van der Waals surface area contributed by atoms with Crippen molar-refractivity contribution in [2.24, 2.45) is 0 Å². The highest BCUT2D eigenvalue weighted by molar-refractivity contribution is 6.30. The third kappa shape index (κ3) is 3.75. The number of rotatable bonds is 6. The Hall–Kier alpha value is -2.37. The summed E-state index contributed by atoms with van der Waals surface area (Å²) in [6, 6.07) is 13.5. The van der Waals surface area contributed by atoms with Gasteiger partial charge >= 0.3 is 0 Å². The molecule has 0 saturated heterocycles. The third-order valence-electron chi connectivity index (χ3n) is 3.81. The quantitative estimate of drug-likeness (QED) is 0.719. The van der Waals surface area contributed by atoms with Gasteiger partial charge in [-0.3, -0.25) is 4.98 Å². The molecule has 0 aliphatic heterocycles. The maximum Gasteiger partial charge on any atom is 0.125 e. The van der Waals surface area contributed by atoms with Crippen molar-refractivity contribution >= 4 is 17.4 Å². The van der Waals surface area contributed by atoms with E-state index in [0.29, 0.717) is 18.1 Å². The lowest BCUT2D eigenvalue weighted by Crippen LogP contribution is -2.11. The first kappa shape index (κ1) is 16.5. The van der Waals surface area contributed by atoms with Gasteiger partial charge in [0.1, 0.15) is 5.82 Å². The van der Waals surface area contributed by atoms with Crippen LogP contribution in [0.15, 0.2) is 48.7 Å². The highest BCUT2D eigenvalue weighted by atomic mass is 35.5. The van der Waals surface area contributed by atoms with Crippen LogP contribution in [0.2, 0.25) is 5.02 Å². The fraction of sp³-hybridized carbons (Fsp3) is 0.222. The van der Waals surface area contributed by atoms with E-state index in [1.807, 2.05) is 49.4 Å². The first-order chi connectivity index (χ1) is 11.7. The number of nitrogens with zero attached hydrogens (tertiary/aromatic N) is 3.